The summed E-state index contributed by atoms with van der Waals surface area (Å²) in [5.74, 6) is 0.922. The van der Waals surface area contributed by atoms with E-state index in [4.69, 9.17) is 14.4 Å². The lowest BCUT2D eigenvalue weighted by molar-refractivity contribution is -0.125. The summed E-state index contributed by atoms with van der Waals surface area (Å²) < 4.78 is 10.7. The van der Waals surface area contributed by atoms with Crippen LogP contribution in [-0.4, -0.2) is 39.8 Å². The van der Waals surface area contributed by atoms with E-state index in [2.05, 4.69) is 15.5 Å². The van der Waals surface area contributed by atoms with Crippen molar-refractivity contribution in [1.82, 2.24) is 5.32 Å². The molecule has 0 unspecified atom stereocenters. The zero-order valence-electron chi connectivity index (χ0n) is 15.9. The molecule has 8 nitrogen and oxygen atoms in total. The van der Waals surface area contributed by atoms with E-state index in [1.165, 1.54) is 17.8 Å². The van der Waals surface area contributed by atoms with Gasteiger partial charge >= 0.3 is 5.63 Å². The second-order valence-corrected chi connectivity index (χ2v) is 7.39. The van der Waals surface area contributed by atoms with Crippen LogP contribution in [0.4, 0.5) is 0 Å². The van der Waals surface area contributed by atoms with Crippen molar-refractivity contribution in [2.75, 3.05) is 12.4 Å². The maximum Gasteiger partial charge on any atom is 0.339 e. The maximum atomic E-state index is 12.9. The average Bonchev–Trinajstić information content (AvgIpc) is 3.04. The van der Waals surface area contributed by atoms with E-state index in [-0.39, 0.29) is 5.91 Å². The number of carbonyl (C=O) groups excluding carboxylic acids is 1. The molecule has 1 aromatic rings. The fraction of sp³-hybridized carbons (Fsp3) is 0.556. The standard InChI is InChI=1S/C18H25N3O5S/c1-5-7-13(14-8-12(25-6-2)9-15(22)26-14)19-17(23)18(4)10-27-16(20-18)11(3)21-24/h8-9,13,24H,5-7,10H2,1-4H3,(H,19,23)/b21-11-/t13-,18+/m1/s1. The summed E-state index contributed by atoms with van der Waals surface area (Å²) in [5.41, 5.74) is -1.14. The van der Waals surface area contributed by atoms with Gasteiger partial charge in [-0.15, -0.1) is 11.8 Å². The molecule has 1 aliphatic heterocycles. The Bertz CT molecular complexity index is 804. The Morgan fingerprint density at radius 1 is 1.52 bits per heavy atom. The van der Waals surface area contributed by atoms with E-state index in [1.807, 2.05) is 13.8 Å². The molecule has 27 heavy (non-hydrogen) atoms. The minimum Gasteiger partial charge on any atom is -0.493 e. The van der Waals surface area contributed by atoms with E-state index in [1.54, 1.807) is 19.9 Å². The third kappa shape index (κ3) is 5.12. The molecule has 0 radical (unpaired) electrons. The third-order valence-electron chi connectivity index (χ3n) is 4.09. The summed E-state index contributed by atoms with van der Waals surface area (Å²) >= 11 is 1.36. The molecule has 2 rings (SSSR count). The molecule has 2 atom stereocenters. The first-order chi connectivity index (χ1) is 12.8. The van der Waals surface area contributed by atoms with Crippen LogP contribution in [0.25, 0.3) is 0 Å². The van der Waals surface area contributed by atoms with Gasteiger partial charge in [0, 0.05) is 11.8 Å². The first-order valence-electron chi connectivity index (χ1n) is 8.83. The first kappa shape index (κ1) is 21.0. The number of aliphatic imine (C=N–C) groups is 1. The number of ether oxygens (including phenoxy) is 1. The summed E-state index contributed by atoms with van der Waals surface area (Å²) in [7, 11) is 0. The van der Waals surface area contributed by atoms with E-state index in [9.17, 15) is 9.59 Å². The van der Waals surface area contributed by atoms with Crippen molar-refractivity contribution in [2.24, 2.45) is 10.1 Å². The average molecular weight is 395 g/mol. The van der Waals surface area contributed by atoms with Crippen LogP contribution < -0.4 is 15.7 Å². The highest BCUT2D eigenvalue weighted by Crippen LogP contribution is 2.30. The molecule has 0 saturated heterocycles. The van der Waals surface area contributed by atoms with Crippen LogP contribution in [-0.2, 0) is 4.79 Å². The van der Waals surface area contributed by atoms with E-state index in [0.717, 1.165) is 6.42 Å². The lowest BCUT2D eigenvalue weighted by atomic mass is 10.0. The Labute approximate surface area is 162 Å². The summed E-state index contributed by atoms with van der Waals surface area (Å²) in [4.78, 5) is 29.1. The van der Waals surface area contributed by atoms with Gasteiger partial charge in [0.15, 0.2) is 0 Å². The Kier molecular flexibility index (Phi) is 7.06. The molecule has 0 bridgehead atoms. The van der Waals surface area contributed by atoms with Crippen LogP contribution in [0.3, 0.4) is 0 Å². The molecule has 0 fully saturated rings. The molecule has 2 heterocycles. The SMILES string of the molecule is CCC[C@@H](NC(=O)[C@]1(C)CSC(/C(C)=N\O)=N1)c1cc(OCC)cc(=O)o1. The molecule has 0 spiro atoms. The highest BCUT2D eigenvalue weighted by atomic mass is 32.2. The van der Waals surface area contributed by atoms with Crippen LogP contribution in [0.2, 0.25) is 0 Å². The van der Waals surface area contributed by atoms with Crippen LogP contribution in [0.15, 0.2) is 31.5 Å². The van der Waals surface area contributed by atoms with Crippen molar-refractivity contribution in [3.63, 3.8) is 0 Å². The van der Waals surface area contributed by atoms with Crippen molar-refractivity contribution >= 4 is 28.4 Å². The number of nitrogens with zero attached hydrogens (tertiary/aromatic N) is 2. The summed E-state index contributed by atoms with van der Waals surface area (Å²) in [6.07, 6.45) is 1.38. The first-order valence-corrected chi connectivity index (χ1v) is 9.82. The lowest BCUT2D eigenvalue weighted by Gasteiger charge is -2.24. The minimum atomic E-state index is -0.990. The number of carbonyl (C=O) groups is 1. The van der Waals surface area contributed by atoms with Crippen molar-refractivity contribution in [3.8, 4) is 5.75 Å². The van der Waals surface area contributed by atoms with Gasteiger partial charge in [0.05, 0.1) is 18.7 Å². The number of nitrogens with one attached hydrogen (secondary N) is 1. The van der Waals surface area contributed by atoms with Crippen molar-refractivity contribution in [1.29, 1.82) is 0 Å². The van der Waals surface area contributed by atoms with Gasteiger partial charge in [-0.1, -0.05) is 18.5 Å². The highest BCUT2D eigenvalue weighted by molar-refractivity contribution is 8.16. The molecule has 9 heteroatoms. The Balaban J connectivity index is 2.25. The number of oxime groups is 1. The quantitative estimate of drug-likeness (QED) is 0.397. The van der Waals surface area contributed by atoms with Gasteiger partial charge < -0.3 is 19.7 Å². The molecule has 0 aromatic carbocycles. The molecule has 1 aliphatic rings. The lowest BCUT2D eigenvalue weighted by Crippen LogP contribution is -2.45. The van der Waals surface area contributed by atoms with Crippen molar-refractivity contribution in [2.45, 2.75) is 52.1 Å². The summed E-state index contributed by atoms with van der Waals surface area (Å²) in [6, 6.07) is 2.44. The zero-order valence-corrected chi connectivity index (χ0v) is 16.8. The topological polar surface area (TPSA) is 113 Å². The molecular formula is C18H25N3O5S. The number of rotatable bonds is 8. The number of hydrogen-bond acceptors (Lipinski definition) is 8. The zero-order chi connectivity index (χ0) is 20.0. The third-order valence-corrected chi connectivity index (χ3v) is 5.45. The van der Waals surface area contributed by atoms with Gasteiger partial charge in [0.2, 0.25) is 5.91 Å². The van der Waals surface area contributed by atoms with Gasteiger partial charge in [-0.2, -0.15) is 0 Å². The molecule has 0 saturated carbocycles. The Morgan fingerprint density at radius 3 is 2.89 bits per heavy atom. The number of amides is 1. The smallest absolute Gasteiger partial charge is 0.339 e. The Hall–Kier alpha value is -2.29. The van der Waals surface area contributed by atoms with Gasteiger partial charge in [-0.3, -0.25) is 9.79 Å². The predicted molar refractivity (Wildman–Crippen MR) is 105 cm³/mol. The fourth-order valence-electron chi connectivity index (χ4n) is 2.62. The minimum absolute atomic E-state index is 0.279. The largest absolute Gasteiger partial charge is 0.493 e. The normalized spacial score (nSPS) is 20.9. The Morgan fingerprint density at radius 2 is 2.26 bits per heavy atom. The monoisotopic (exact) mass is 395 g/mol. The molecule has 148 valence electrons. The summed E-state index contributed by atoms with van der Waals surface area (Å²) in [5, 5.41) is 15.5. The van der Waals surface area contributed by atoms with Crippen molar-refractivity contribution in [3.05, 3.63) is 28.3 Å². The molecule has 1 aromatic heterocycles. The second-order valence-electron chi connectivity index (χ2n) is 6.43. The van der Waals surface area contributed by atoms with Crippen LogP contribution in [0.1, 0.15) is 52.3 Å². The number of hydrogen-bond donors (Lipinski definition) is 2. The van der Waals surface area contributed by atoms with E-state index in [0.29, 0.717) is 41.0 Å². The van der Waals surface area contributed by atoms with E-state index < -0.39 is 17.2 Å². The summed E-state index contributed by atoms with van der Waals surface area (Å²) in [6.45, 7) is 7.58. The molecule has 1 amide bonds. The fourth-order valence-corrected chi connectivity index (χ4v) is 3.75. The second kappa shape index (κ2) is 9.07. The van der Waals surface area contributed by atoms with Gasteiger partial charge in [-0.05, 0) is 27.2 Å². The predicted octanol–water partition coefficient (Wildman–Crippen LogP) is 2.75. The van der Waals surface area contributed by atoms with Gasteiger partial charge in [0.1, 0.15) is 27.8 Å². The van der Waals surface area contributed by atoms with Gasteiger partial charge in [-0.25, -0.2) is 4.79 Å². The number of thioether (sulfide) groups is 1. The molecule has 0 aliphatic carbocycles. The van der Waals surface area contributed by atoms with Crippen molar-refractivity contribution < 1.29 is 19.2 Å². The highest BCUT2D eigenvalue weighted by Gasteiger charge is 2.40. The maximum absolute atomic E-state index is 12.9. The van der Waals surface area contributed by atoms with Crippen LogP contribution >= 0.6 is 11.8 Å². The van der Waals surface area contributed by atoms with E-state index >= 15 is 0 Å². The molecular weight excluding hydrogens is 370 g/mol. The molecule has 2 N–H and O–H groups in total. The van der Waals surface area contributed by atoms with Crippen LogP contribution in [0, 0.1) is 0 Å². The van der Waals surface area contributed by atoms with Gasteiger partial charge in [0.25, 0.3) is 0 Å². The van der Waals surface area contributed by atoms with Crippen LogP contribution in [0.5, 0.6) is 5.75 Å².